The standard InChI is InChI=1S/C9H17N/c1-2-3-4-5-9-6-7-10-8-9/h3-4,9-10H,2,5-8H2,1H3/b4-3+. The van der Waals surface area contributed by atoms with Gasteiger partial charge < -0.3 is 5.32 Å². The average Bonchev–Trinajstić information content (AvgIpc) is 2.41. The summed E-state index contributed by atoms with van der Waals surface area (Å²) in [6.07, 6.45) is 8.41. The van der Waals surface area contributed by atoms with Crippen LogP contribution in [0, 0.1) is 5.92 Å². The van der Waals surface area contributed by atoms with Crippen molar-refractivity contribution in [3.63, 3.8) is 0 Å². The molecule has 1 unspecified atom stereocenters. The molecule has 1 heterocycles. The second kappa shape index (κ2) is 4.51. The predicted molar refractivity (Wildman–Crippen MR) is 45.0 cm³/mol. The Morgan fingerprint density at radius 3 is 3.00 bits per heavy atom. The molecule has 1 atom stereocenters. The first-order chi connectivity index (χ1) is 4.93. The van der Waals surface area contributed by atoms with Crippen molar-refractivity contribution < 1.29 is 0 Å². The van der Waals surface area contributed by atoms with Crippen molar-refractivity contribution in [3.8, 4) is 0 Å². The highest BCUT2D eigenvalue weighted by atomic mass is 14.9. The van der Waals surface area contributed by atoms with Crippen molar-refractivity contribution in [2.75, 3.05) is 13.1 Å². The van der Waals surface area contributed by atoms with E-state index in [2.05, 4.69) is 24.4 Å². The highest BCUT2D eigenvalue weighted by molar-refractivity contribution is 4.85. The minimum Gasteiger partial charge on any atom is -0.316 e. The Kier molecular flexibility index (Phi) is 3.52. The Bertz CT molecular complexity index is 101. The Hall–Kier alpha value is -0.300. The van der Waals surface area contributed by atoms with E-state index in [9.17, 15) is 0 Å². The van der Waals surface area contributed by atoms with Gasteiger partial charge in [0.15, 0.2) is 0 Å². The lowest BCUT2D eigenvalue weighted by Crippen LogP contribution is -2.08. The summed E-state index contributed by atoms with van der Waals surface area (Å²) in [6.45, 7) is 4.64. The minimum absolute atomic E-state index is 0.919. The number of hydrogen-bond donors (Lipinski definition) is 1. The van der Waals surface area contributed by atoms with Gasteiger partial charge in [0.2, 0.25) is 0 Å². The van der Waals surface area contributed by atoms with Gasteiger partial charge in [-0.25, -0.2) is 0 Å². The summed E-state index contributed by atoms with van der Waals surface area (Å²) in [7, 11) is 0. The molecule has 10 heavy (non-hydrogen) atoms. The van der Waals surface area contributed by atoms with Crippen LogP contribution in [0.3, 0.4) is 0 Å². The van der Waals surface area contributed by atoms with E-state index in [-0.39, 0.29) is 0 Å². The molecule has 0 saturated carbocycles. The van der Waals surface area contributed by atoms with Crippen LogP contribution in [0.25, 0.3) is 0 Å². The highest BCUT2D eigenvalue weighted by Crippen LogP contribution is 2.12. The van der Waals surface area contributed by atoms with Gasteiger partial charge in [0, 0.05) is 0 Å². The zero-order chi connectivity index (χ0) is 7.23. The van der Waals surface area contributed by atoms with E-state index in [1.54, 1.807) is 0 Å². The molecule has 1 fully saturated rings. The molecule has 0 radical (unpaired) electrons. The lowest BCUT2D eigenvalue weighted by Gasteiger charge is -2.01. The van der Waals surface area contributed by atoms with Crippen molar-refractivity contribution >= 4 is 0 Å². The number of nitrogens with one attached hydrogen (secondary N) is 1. The van der Waals surface area contributed by atoms with Crippen LogP contribution in [0.1, 0.15) is 26.2 Å². The van der Waals surface area contributed by atoms with Gasteiger partial charge in [-0.3, -0.25) is 0 Å². The number of rotatable bonds is 3. The van der Waals surface area contributed by atoms with Gasteiger partial charge in [0.05, 0.1) is 0 Å². The normalized spacial score (nSPS) is 26.3. The molecule has 1 rings (SSSR count). The molecule has 1 saturated heterocycles. The molecule has 58 valence electrons. The van der Waals surface area contributed by atoms with Gasteiger partial charge in [-0.2, -0.15) is 0 Å². The summed E-state index contributed by atoms with van der Waals surface area (Å²) in [5, 5.41) is 3.37. The smallest absolute Gasteiger partial charge is 0.00171 e. The average molecular weight is 139 g/mol. The summed E-state index contributed by atoms with van der Waals surface area (Å²) in [4.78, 5) is 0. The van der Waals surface area contributed by atoms with Gasteiger partial charge in [-0.1, -0.05) is 19.1 Å². The van der Waals surface area contributed by atoms with Gasteiger partial charge in [0.1, 0.15) is 0 Å². The lowest BCUT2D eigenvalue weighted by atomic mass is 10.0. The summed E-state index contributed by atoms with van der Waals surface area (Å²) in [5.74, 6) is 0.919. The van der Waals surface area contributed by atoms with Crippen LogP contribution in [-0.4, -0.2) is 13.1 Å². The molecular formula is C9H17N. The second-order valence-corrected chi connectivity index (χ2v) is 2.97. The van der Waals surface area contributed by atoms with E-state index in [1.165, 1.54) is 32.4 Å². The molecule has 0 amide bonds. The van der Waals surface area contributed by atoms with Crippen molar-refractivity contribution in [2.45, 2.75) is 26.2 Å². The first-order valence-electron chi connectivity index (χ1n) is 4.29. The lowest BCUT2D eigenvalue weighted by molar-refractivity contribution is 0.592. The summed E-state index contributed by atoms with van der Waals surface area (Å²) < 4.78 is 0. The number of hydrogen-bond acceptors (Lipinski definition) is 1. The largest absolute Gasteiger partial charge is 0.316 e. The third kappa shape index (κ3) is 2.53. The molecule has 1 N–H and O–H groups in total. The molecule has 0 aromatic carbocycles. The van der Waals surface area contributed by atoms with Crippen molar-refractivity contribution in [1.82, 2.24) is 5.32 Å². The van der Waals surface area contributed by atoms with E-state index in [1.807, 2.05) is 0 Å². The van der Waals surface area contributed by atoms with Gasteiger partial charge in [0.25, 0.3) is 0 Å². The minimum atomic E-state index is 0.919. The molecule has 0 aromatic rings. The van der Waals surface area contributed by atoms with Crippen LogP contribution in [0.4, 0.5) is 0 Å². The fourth-order valence-electron chi connectivity index (χ4n) is 1.37. The van der Waals surface area contributed by atoms with Crippen LogP contribution < -0.4 is 5.32 Å². The number of allylic oxidation sites excluding steroid dienone is 2. The molecule has 0 bridgehead atoms. The third-order valence-corrected chi connectivity index (χ3v) is 2.03. The molecule has 1 nitrogen and oxygen atoms in total. The van der Waals surface area contributed by atoms with E-state index in [0.29, 0.717) is 0 Å². The quantitative estimate of drug-likeness (QED) is 0.589. The van der Waals surface area contributed by atoms with Crippen molar-refractivity contribution in [2.24, 2.45) is 5.92 Å². The maximum Gasteiger partial charge on any atom is -0.00171 e. The molecule has 1 heteroatoms. The fourth-order valence-corrected chi connectivity index (χ4v) is 1.37. The monoisotopic (exact) mass is 139 g/mol. The van der Waals surface area contributed by atoms with Crippen molar-refractivity contribution in [1.29, 1.82) is 0 Å². The van der Waals surface area contributed by atoms with E-state index in [4.69, 9.17) is 0 Å². The molecular weight excluding hydrogens is 122 g/mol. The molecule has 0 aromatic heterocycles. The fraction of sp³-hybridized carbons (Fsp3) is 0.778. The van der Waals surface area contributed by atoms with E-state index >= 15 is 0 Å². The van der Waals surface area contributed by atoms with E-state index in [0.717, 1.165) is 5.92 Å². The molecule has 0 aliphatic carbocycles. The summed E-state index contributed by atoms with van der Waals surface area (Å²) in [6, 6.07) is 0. The van der Waals surface area contributed by atoms with Gasteiger partial charge in [-0.05, 0) is 38.3 Å². The zero-order valence-electron chi connectivity index (χ0n) is 6.77. The van der Waals surface area contributed by atoms with Crippen LogP contribution in [0.15, 0.2) is 12.2 Å². The Morgan fingerprint density at radius 1 is 1.50 bits per heavy atom. The SMILES string of the molecule is CC/C=C/CC1CCNC1. The molecule has 0 spiro atoms. The van der Waals surface area contributed by atoms with E-state index < -0.39 is 0 Å². The maximum absolute atomic E-state index is 3.37. The third-order valence-electron chi connectivity index (χ3n) is 2.03. The zero-order valence-corrected chi connectivity index (χ0v) is 6.77. The first kappa shape index (κ1) is 7.80. The first-order valence-corrected chi connectivity index (χ1v) is 4.29. The Morgan fingerprint density at radius 2 is 2.40 bits per heavy atom. The summed E-state index contributed by atoms with van der Waals surface area (Å²) >= 11 is 0. The molecule has 1 aliphatic rings. The second-order valence-electron chi connectivity index (χ2n) is 2.97. The van der Waals surface area contributed by atoms with Crippen molar-refractivity contribution in [3.05, 3.63) is 12.2 Å². The van der Waals surface area contributed by atoms with Gasteiger partial charge >= 0.3 is 0 Å². The topological polar surface area (TPSA) is 12.0 Å². The highest BCUT2D eigenvalue weighted by Gasteiger charge is 2.11. The van der Waals surface area contributed by atoms with Crippen LogP contribution in [0.2, 0.25) is 0 Å². The Labute approximate surface area is 63.5 Å². The van der Waals surface area contributed by atoms with Crippen LogP contribution in [-0.2, 0) is 0 Å². The van der Waals surface area contributed by atoms with Crippen LogP contribution >= 0.6 is 0 Å². The Balaban J connectivity index is 2.06. The molecule has 1 aliphatic heterocycles. The summed E-state index contributed by atoms with van der Waals surface area (Å²) in [5.41, 5.74) is 0. The maximum atomic E-state index is 3.37. The van der Waals surface area contributed by atoms with Crippen LogP contribution in [0.5, 0.6) is 0 Å². The van der Waals surface area contributed by atoms with Gasteiger partial charge in [-0.15, -0.1) is 0 Å². The predicted octanol–water partition coefficient (Wildman–Crippen LogP) is 1.95.